The van der Waals surface area contributed by atoms with Crippen molar-refractivity contribution >= 4 is 33.2 Å². The summed E-state index contributed by atoms with van der Waals surface area (Å²) < 4.78 is 42.1. The topological polar surface area (TPSA) is 84.3 Å². The van der Waals surface area contributed by atoms with Gasteiger partial charge in [0.15, 0.2) is 5.03 Å². The van der Waals surface area contributed by atoms with Crippen molar-refractivity contribution in [2.24, 2.45) is 5.92 Å². The molecule has 1 amide bonds. The molecule has 1 aliphatic heterocycles. The number of amides is 1. The van der Waals surface area contributed by atoms with Gasteiger partial charge in [0.1, 0.15) is 5.82 Å². The van der Waals surface area contributed by atoms with Crippen LogP contribution < -0.4 is 5.32 Å². The highest BCUT2D eigenvalue weighted by molar-refractivity contribution is 7.89. The van der Waals surface area contributed by atoms with E-state index in [4.69, 9.17) is 11.6 Å². The molecule has 152 valence electrons. The number of carbonyl (C=O) groups is 1. The van der Waals surface area contributed by atoms with E-state index in [2.05, 4.69) is 10.3 Å². The summed E-state index contributed by atoms with van der Waals surface area (Å²) in [7, 11) is -3.78. The fourth-order valence-corrected chi connectivity index (χ4v) is 4.68. The molecular weight excluding hydrogens is 407 g/mol. The lowest BCUT2D eigenvalue weighted by Crippen LogP contribution is -2.43. The van der Waals surface area contributed by atoms with E-state index in [0.717, 1.165) is 0 Å². The first-order valence-electron chi connectivity index (χ1n) is 8.98. The third-order valence-corrected chi connectivity index (χ3v) is 6.76. The van der Waals surface area contributed by atoms with Gasteiger partial charge >= 0.3 is 0 Å². The normalized spacial score (nSPS) is 18.4. The number of rotatable bonds is 5. The molecule has 1 saturated heterocycles. The minimum atomic E-state index is -3.78. The summed E-state index contributed by atoms with van der Waals surface area (Å²) in [6.45, 7) is 4.27. The van der Waals surface area contributed by atoms with Crippen molar-refractivity contribution in [3.63, 3.8) is 0 Å². The smallest absolute Gasteiger partial charge is 0.262 e. The first kappa shape index (κ1) is 20.8. The first-order valence-corrected chi connectivity index (χ1v) is 10.8. The number of benzene rings is 1. The van der Waals surface area contributed by atoms with Crippen LogP contribution in [0.2, 0.25) is 5.02 Å². The molecule has 0 bridgehead atoms. The molecule has 7 nitrogen and oxygen atoms in total. The average Bonchev–Trinajstić information content (AvgIpc) is 3.16. The Kier molecular flexibility index (Phi) is 6.07. The summed E-state index contributed by atoms with van der Waals surface area (Å²) in [6.07, 6.45) is 4.12. The Balaban J connectivity index is 1.71. The van der Waals surface area contributed by atoms with Gasteiger partial charge in [0.2, 0.25) is 5.91 Å². The summed E-state index contributed by atoms with van der Waals surface area (Å²) in [5, 5.41) is 2.57. The third-order valence-electron chi connectivity index (χ3n) is 4.72. The minimum Gasteiger partial charge on any atom is -0.334 e. The maximum atomic E-state index is 13.3. The van der Waals surface area contributed by atoms with Crippen molar-refractivity contribution in [2.75, 3.05) is 18.4 Å². The van der Waals surface area contributed by atoms with E-state index in [1.54, 1.807) is 4.57 Å². The predicted molar refractivity (Wildman–Crippen MR) is 104 cm³/mol. The van der Waals surface area contributed by atoms with E-state index in [9.17, 15) is 17.6 Å². The van der Waals surface area contributed by atoms with Crippen molar-refractivity contribution in [3.8, 4) is 0 Å². The number of nitrogens with one attached hydrogen (secondary N) is 1. The van der Waals surface area contributed by atoms with Gasteiger partial charge in [0.25, 0.3) is 10.0 Å². The summed E-state index contributed by atoms with van der Waals surface area (Å²) in [5.74, 6) is -1.41. The van der Waals surface area contributed by atoms with Crippen molar-refractivity contribution in [1.82, 2.24) is 13.9 Å². The van der Waals surface area contributed by atoms with Crippen molar-refractivity contribution in [1.29, 1.82) is 0 Å². The van der Waals surface area contributed by atoms with Gasteiger partial charge in [0, 0.05) is 31.0 Å². The van der Waals surface area contributed by atoms with E-state index in [1.807, 2.05) is 13.8 Å². The molecule has 0 radical (unpaired) electrons. The lowest BCUT2D eigenvalue weighted by molar-refractivity contribution is -0.120. The van der Waals surface area contributed by atoms with Gasteiger partial charge in [-0.3, -0.25) is 4.79 Å². The van der Waals surface area contributed by atoms with Gasteiger partial charge < -0.3 is 9.88 Å². The molecule has 10 heteroatoms. The zero-order chi connectivity index (χ0) is 20.5. The molecular formula is C18H22ClFN4O3S. The predicted octanol–water partition coefficient (Wildman–Crippen LogP) is 3.30. The Morgan fingerprint density at radius 2 is 2.14 bits per heavy atom. The van der Waals surface area contributed by atoms with Gasteiger partial charge in [-0.1, -0.05) is 11.6 Å². The highest BCUT2D eigenvalue weighted by Gasteiger charge is 2.34. The fourth-order valence-electron chi connectivity index (χ4n) is 3.06. The van der Waals surface area contributed by atoms with Crippen LogP contribution in [0.3, 0.4) is 0 Å². The zero-order valence-corrected chi connectivity index (χ0v) is 17.2. The summed E-state index contributed by atoms with van der Waals surface area (Å²) in [6, 6.07) is 4.00. The van der Waals surface area contributed by atoms with Crippen molar-refractivity contribution < 1.29 is 17.6 Å². The van der Waals surface area contributed by atoms with Crippen LogP contribution in [-0.4, -0.2) is 41.3 Å². The van der Waals surface area contributed by atoms with Crippen LogP contribution in [0.1, 0.15) is 32.7 Å². The SMILES string of the molecule is CC(C)n1cnc(S(=O)(=O)N2CCC[C@@H](C(=O)Nc3ccc(F)c(Cl)c3)C2)c1. The summed E-state index contributed by atoms with van der Waals surface area (Å²) >= 11 is 5.74. The molecule has 1 aliphatic rings. The van der Waals surface area contributed by atoms with E-state index in [-0.39, 0.29) is 28.5 Å². The van der Waals surface area contributed by atoms with Gasteiger partial charge in [0.05, 0.1) is 17.3 Å². The molecule has 1 aromatic heterocycles. The molecule has 2 aromatic rings. The second-order valence-electron chi connectivity index (χ2n) is 7.07. The second-order valence-corrected chi connectivity index (χ2v) is 9.37. The quantitative estimate of drug-likeness (QED) is 0.791. The maximum Gasteiger partial charge on any atom is 0.262 e. The molecule has 1 N–H and O–H groups in total. The molecule has 3 rings (SSSR count). The van der Waals surface area contributed by atoms with Crippen LogP contribution in [0.4, 0.5) is 10.1 Å². The van der Waals surface area contributed by atoms with Gasteiger partial charge in [-0.2, -0.15) is 4.31 Å². The van der Waals surface area contributed by atoms with Gasteiger partial charge in [-0.25, -0.2) is 17.8 Å². The second kappa shape index (κ2) is 8.18. The van der Waals surface area contributed by atoms with Crippen LogP contribution in [0, 0.1) is 11.7 Å². The molecule has 1 fully saturated rings. The lowest BCUT2D eigenvalue weighted by Gasteiger charge is -2.30. The molecule has 1 aromatic carbocycles. The molecule has 0 spiro atoms. The molecule has 0 saturated carbocycles. The van der Waals surface area contributed by atoms with E-state index in [1.165, 1.54) is 35.0 Å². The minimum absolute atomic E-state index is 0.0208. The number of hydrogen-bond donors (Lipinski definition) is 1. The number of piperidine rings is 1. The fraction of sp³-hybridized carbons (Fsp3) is 0.444. The Hall–Kier alpha value is -1.97. The largest absolute Gasteiger partial charge is 0.334 e. The number of aromatic nitrogens is 2. The monoisotopic (exact) mass is 428 g/mol. The molecule has 28 heavy (non-hydrogen) atoms. The van der Waals surface area contributed by atoms with E-state index < -0.39 is 21.8 Å². The maximum absolute atomic E-state index is 13.3. The van der Waals surface area contributed by atoms with Crippen LogP contribution in [0.5, 0.6) is 0 Å². The van der Waals surface area contributed by atoms with Crippen LogP contribution in [0.15, 0.2) is 35.7 Å². The number of halogens is 2. The number of anilines is 1. The molecule has 2 heterocycles. The van der Waals surface area contributed by atoms with Gasteiger partial charge in [-0.15, -0.1) is 0 Å². The van der Waals surface area contributed by atoms with Crippen LogP contribution in [-0.2, 0) is 14.8 Å². The highest BCUT2D eigenvalue weighted by atomic mass is 35.5. The lowest BCUT2D eigenvalue weighted by atomic mass is 9.99. The Bertz CT molecular complexity index is 977. The Labute approximate surface area is 168 Å². The van der Waals surface area contributed by atoms with E-state index in [0.29, 0.717) is 25.1 Å². The molecule has 0 unspecified atom stereocenters. The Morgan fingerprint density at radius 1 is 1.39 bits per heavy atom. The van der Waals surface area contributed by atoms with Crippen LogP contribution >= 0.6 is 11.6 Å². The van der Waals surface area contributed by atoms with Crippen molar-refractivity contribution in [2.45, 2.75) is 37.8 Å². The van der Waals surface area contributed by atoms with Gasteiger partial charge in [-0.05, 0) is 44.9 Å². The van der Waals surface area contributed by atoms with E-state index >= 15 is 0 Å². The number of imidazole rings is 1. The number of hydrogen-bond acceptors (Lipinski definition) is 4. The van der Waals surface area contributed by atoms with Crippen molar-refractivity contribution in [3.05, 3.63) is 41.6 Å². The zero-order valence-electron chi connectivity index (χ0n) is 15.6. The standard InChI is InChI=1S/C18H22ClFN4O3S/c1-12(2)23-10-17(21-11-23)28(26,27)24-7-3-4-13(9-24)18(25)22-14-5-6-16(20)15(19)8-14/h5-6,8,10-13H,3-4,7,9H2,1-2H3,(H,22,25)/t13-/m1/s1. The first-order chi connectivity index (χ1) is 13.2. The third kappa shape index (κ3) is 4.37. The Morgan fingerprint density at radius 3 is 2.79 bits per heavy atom. The summed E-state index contributed by atoms with van der Waals surface area (Å²) in [5.41, 5.74) is 0.368. The highest BCUT2D eigenvalue weighted by Crippen LogP contribution is 2.25. The number of sulfonamides is 1. The summed E-state index contributed by atoms with van der Waals surface area (Å²) in [4.78, 5) is 16.6. The van der Waals surface area contributed by atoms with Crippen LogP contribution in [0.25, 0.3) is 0 Å². The number of carbonyl (C=O) groups excluding carboxylic acids is 1. The number of nitrogens with zero attached hydrogens (tertiary/aromatic N) is 3. The average molecular weight is 429 g/mol. The molecule has 1 atom stereocenters. The molecule has 0 aliphatic carbocycles.